The average Bonchev–Trinajstić information content (AvgIpc) is 2.96. The van der Waals surface area contributed by atoms with Crippen molar-refractivity contribution in [1.82, 2.24) is 9.80 Å². The Hall–Kier alpha value is -1.31. The number of hydrogen-bond donors (Lipinski definition) is 1. The Bertz CT molecular complexity index is 407. The first-order valence-corrected chi connectivity index (χ1v) is 6.56. The van der Waals surface area contributed by atoms with Crippen molar-refractivity contribution in [3.63, 3.8) is 0 Å². The average molecular weight is 294 g/mol. The minimum Gasteiger partial charge on any atom is -0.481 e. The molecule has 1 atom stereocenters. The van der Waals surface area contributed by atoms with Crippen LogP contribution < -0.4 is 0 Å². The Morgan fingerprint density at radius 3 is 2.20 bits per heavy atom. The van der Waals surface area contributed by atoms with Crippen LogP contribution in [0.4, 0.5) is 13.2 Å². The molecule has 2 rings (SSSR count). The maximum atomic E-state index is 13.0. The van der Waals surface area contributed by atoms with Gasteiger partial charge in [-0.25, -0.2) is 0 Å². The normalized spacial score (nSPS) is 28.1. The van der Waals surface area contributed by atoms with E-state index in [-0.39, 0.29) is 19.0 Å². The summed E-state index contributed by atoms with van der Waals surface area (Å²) in [5.74, 6) is -2.08. The summed E-state index contributed by atoms with van der Waals surface area (Å²) in [7, 11) is 0. The molecular weight excluding hydrogens is 277 g/mol. The van der Waals surface area contributed by atoms with Crippen LogP contribution in [0.3, 0.4) is 0 Å². The molecule has 1 amide bonds. The number of likely N-dealkylation sites (tertiary alicyclic amines) is 2. The van der Waals surface area contributed by atoms with Crippen LogP contribution in [0.2, 0.25) is 0 Å². The third-order valence-corrected chi connectivity index (χ3v) is 4.12. The van der Waals surface area contributed by atoms with E-state index >= 15 is 0 Å². The van der Waals surface area contributed by atoms with Gasteiger partial charge in [-0.15, -0.1) is 0 Å². The van der Waals surface area contributed by atoms with Crippen molar-refractivity contribution < 1.29 is 27.9 Å². The van der Waals surface area contributed by atoms with Crippen molar-refractivity contribution in [1.29, 1.82) is 0 Å². The number of hydrogen-bond acceptors (Lipinski definition) is 3. The van der Waals surface area contributed by atoms with Crippen molar-refractivity contribution >= 4 is 11.9 Å². The quantitative estimate of drug-likeness (QED) is 0.842. The SMILES string of the molecule is O=C(CN1CCC(C(=O)O)(C(F)(F)F)C1)N1CCCC1. The first-order valence-electron chi connectivity index (χ1n) is 6.56. The fourth-order valence-corrected chi connectivity index (χ4v) is 2.81. The molecule has 20 heavy (non-hydrogen) atoms. The molecule has 0 spiro atoms. The van der Waals surface area contributed by atoms with Gasteiger partial charge in [0.25, 0.3) is 0 Å². The molecule has 0 saturated carbocycles. The van der Waals surface area contributed by atoms with Gasteiger partial charge >= 0.3 is 12.1 Å². The molecule has 0 aliphatic carbocycles. The number of aliphatic carboxylic acids is 1. The molecule has 114 valence electrons. The van der Waals surface area contributed by atoms with Crippen LogP contribution in [-0.4, -0.2) is 65.7 Å². The molecule has 0 aromatic carbocycles. The molecule has 2 saturated heterocycles. The standard InChI is InChI=1S/C12H17F3N2O3/c13-12(14,15)11(10(19)20)3-6-16(8-11)7-9(18)17-4-1-2-5-17/h1-8H2,(H,19,20). The van der Waals surface area contributed by atoms with Gasteiger partial charge in [-0.05, 0) is 19.3 Å². The molecule has 0 aromatic heterocycles. The number of rotatable bonds is 3. The lowest BCUT2D eigenvalue weighted by atomic mass is 9.86. The van der Waals surface area contributed by atoms with E-state index < -0.39 is 30.5 Å². The lowest BCUT2D eigenvalue weighted by molar-refractivity contribution is -0.227. The summed E-state index contributed by atoms with van der Waals surface area (Å²) in [5.41, 5.74) is -2.74. The molecule has 1 N–H and O–H groups in total. The zero-order chi connectivity index (χ0) is 15.0. The summed E-state index contributed by atoms with van der Waals surface area (Å²) in [6.45, 7) is 0.466. The fraction of sp³-hybridized carbons (Fsp3) is 0.833. The third-order valence-electron chi connectivity index (χ3n) is 4.12. The third kappa shape index (κ3) is 2.61. The van der Waals surface area contributed by atoms with Crippen LogP contribution in [0.1, 0.15) is 19.3 Å². The summed E-state index contributed by atoms with van der Waals surface area (Å²) in [5, 5.41) is 8.92. The number of amides is 1. The van der Waals surface area contributed by atoms with Gasteiger partial charge in [0.15, 0.2) is 5.41 Å². The maximum Gasteiger partial charge on any atom is 0.406 e. The monoisotopic (exact) mass is 294 g/mol. The lowest BCUT2D eigenvalue weighted by Crippen LogP contribution is -2.48. The van der Waals surface area contributed by atoms with E-state index in [1.807, 2.05) is 0 Å². The molecular formula is C12H17F3N2O3. The van der Waals surface area contributed by atoms with Gasteiger partial charge in [0.1, 0.15) is 0 Å². The lowest BCUT2D eigenvalue weighted by Gasteiger charge is -2.27. The number of halogens is 3. The van der Waals surface area contributed by atoms with Gasteiger partial charge in [-0.3, -0.25) is 14.5 Å². The second-order valence-corrected chi connectivity index (χ2v) is 5.43. The largest absolute Gasteiger partial charge is 0.481 e. The Labute approximate surface area is 114 Å². The summed E-state index contributed by atoms with van der Waals surface area (Å²) in [4.78, 5) is 25.8. The van der Waals surface area contributed by atoms with Gasteiger partial charge in [0.2, 0.25) is 5.91 Å². The number of carbonyl (C=O) groups is 2. The number of nitrogens with zero attached hydrogens (tertiary/aromatic N) is 2. The van der Waals surface area contributed by atoms with Crippen molar-refractivity contribution in [2.24, 2.45) is 5.41 Å². The van der Waals surface area contributed by atoms with Gasteiger partial charge < -0.3 is 10.0 Å². The van der Waals surface area contributed by atoms with Crippen LogP contribution in [0.5, 0.6) is 0 Å². The van der Waals surface area contributed by atoms with Crippen LogP contribution in [-0.2, 0) is 9.59 Å². The van der Waals surface area contributed by atoms with E-state index in [0.717, 1.165) is 12.8 Å². The smallest absolute Gasteiger partial charge is 0.406 e. The number of carbonyl (C=O) groups excluding carboxylic acids is 1. The topological polar surface area (TPSA) is 60.9 Å². The van der Waals surface area contributed by atoms with E-state index in [9.17, 15) is 22.8 Å². The van der Waals surface area contributed by atoms with E-state index in [1.54, 1.807) is 4.90 Å². The number of alkyl halides is 3. The predicted octanol–water partition coefficient (Wildman–Crippen LogP) is 0.948. The molecule has 2 aliphatic rings. The van der Waals surface area contributed by atoms with Crippen molar-refractivity contribution in [3.05, 3.63) is 0 Å². The Morgan fingerprint density at radius 1 is 1.15 bits per heavy atom. The molecule has 2 heterocycles. The molecule has 8 heteroatoms. The highest BCUT2D eigenvalue weighted by Crippen LogP contribution is 2.45. The first-order chi connectivity index (χ1) is 9.26. The molecule has 1 unspecified atom stereocenters. The molecule has 5 nitrogen and oxygen atoms in total. The zero-order valence-corrected chi connectivity index (χ0v) is 10.9. The second kappa shape index (κ2) is 5.23. The summed E-state index contributed by atoms with van der Waals surface area (Å²) in [6, 6.07) is 0. The first kappa shape index (κ1) is 15.1. The minimum absolute atomic E-state index is 0.0224. The van der Waals surface area contributed by atoms with Crippen LogP contribution >= 0.6 is 0 Å². The van der Waals surface area contributed by atoms with E-state index in [1.165, 1.54) is 4.90 Å². The van der Waals surface area contributed by atoms with Crippen LogP contribution in [0.25, 0.3) is 0 Å². The highest BCUT2D eigenvalue weighted by Gasteiger charge is 2.63. The van der Waals surface area contributed by atoms with E-state index in [4.69, 9.17) is 5.11 Å². The van der Waals surface area contributed by atoms with E-state index in [2.05, 4.69) is 0 Å². The van der Waals surface area contributed by atoms with Crippen molar-refractivity contribution in [3.8, 4) is 0 Å². The van der Waals surface area contributed by atoms with Gasteiger partial charge in [0.05, 0.1) is 6.54 Å². The Morgan fingerprint density at radius 2 is 1.75 bits per heavy atom. The zero-order valence-electron chi connectivity index (χ0n) is 10.9. The van der Waals surface area contributed by atoms with Crippen LogP contribution in [0.15, 0.2) is 0 Å². The summed E-state index contributed by atoms with van der Waals surface area (Å²) in [6.07, 6.45) is -3.48. The van der Waals surface area contributed by atoms with Crippen molar-refractivity contribution in [2.45, 2.75) is 25.4 Å². The fourth-order valence-electron chi connectivity index (χ4n) is 2.81. The van der Waals surface area contributed by atoms with Gasteiger partial charge in [-0.1, -0.05) is 0 Å². The maximum absolute atomic E-state index is 13.0. The summed E-state index contributed by atoms with van der Waals surface area (Å²) < 4.78 is 38.9. The summed E-state index contributed by atoms with van der Waals surface area (Å²) >= 11 is 0. The molecule has 2 fully saturated rings. The van der Waals surface area contributed by atoms with Gasteiger partial charge in [0, 0.05) is 26.2 Å². The predicted molar refractivity (Wildman–Crippen MR) is 63.0 cm³/mol. The Balaban J connectivity index is 2.00. The second-order valence-electron chi connectivity index (χ2n) is 5.43. The van der Waals surface area contributed by atoms with E-state index in [0.29, 0.717) is 13.1 Å². The molecule has 0 radical (unpaired) electrons. The molecule has 0 aromatic rings. The number of carboxylic acid groups (broad SMARTS) is 1. The van der Waals surface area contributed by atoms with Crippen molar-refractivity contribution in [2.75, 3.05) is 32.7 Å². The van der Waals surface area contributed by atoms with Crippen LogP contribution in [0, 0.1) is 5.41 Å². The van der Waals surface area contributed by atoms with Gasteiger partial charge in [-0.2, -0.15) is 13.2 Å². The Kier molecular flexibility index (Phi) is 3.95. The molecule has 2 aliphatic heterocycles. The highest BCUT2D eigenvalue weighted by molar-refractivity contribution is 5.79. The number of carboxylic acids is 1. The highest BCUT2D eigenvalue weighted by atomic mass is 19.4. The molecule has 0 bridgehead atoms. The minimum atomic E-state index is -4.80.